The van der Waals surface area contributed by atoms with Crippen molar-refractivity contribution in [3.05, 3.63) is 24.3 Å². The predicted octanol–water partition coefficient (Wildman–Crippen LogP) is 1.38. The zero-order chi connectivity index (χ0) is 20.9. The molecule has 0 bridgehead atoms. The average Bonchev–Trinajstić information content (AvgIpc) is 2.94. The SMILES string of the molecule is C[C@@H]1CCN(C(=O)CN2CCN(CC(=O)N3CCOCC3)CC2)c2ccccc2S1. The van der Waals surface area contributed by atoms with E-state index in [0.29, 0.717) is 44.6 Å². The summed E-state index contributed by atoms with van der Waals surface area (Å²) in [6, 6.07) is 8.24. The Morgan fingerprint density at radius 2 is 1.57 bits per heavy atom. The fourth-order valence-corrected chi connectivity index (χ4v) is 5.34. The fraction of sp³-hybridized carbons (Fsp3) is 0.636. The molecule has 7 nitrogen and oxygen atoms in total. The molecule has 4 rings (SSSR count). The van der Waals surface area contributed by atoms with Crippen LogP contribution in [0.5, 0.6) is 0 Å². The van der Waals surface area contributed by atoms with Gasteiger partial charge in [-0.3, -0.25) is 19.4 Å². The number of carbonyl (C=O) groups is 2. The number of rotatable bonds is 4. The molecule has 164 valence electrons. The third-order valence-corrected chi connectivity index (χ3v) is 7.33. The van der Waals surface area contributed by atoms with E-state index in [1.165, 1.54) is 4.90 Å². The van der Waals surface area contributed by atoms with E-state index in [2.05, 4.69) is 28.9 Å². The number of para-hydroxylation sites is 1. The number of nitrogens with zero attached hydrogens (tertiary/aromatic N) is 4. The van der Waals surface area contributed by atoms with Gasteiger partial charge in [0.15, 0.2) is 0 Å². The van der Waals surface area contributed by atoms with Crippen molar-refractivity contribution in [2.75, 3.05) is 77.0 Å². The van der Waals surface area contributed by atoms with Crippen LogP contribution in [-0.2, 0) is 14.3 Å². The molecule has 2 saturated heterocycles. The van der Waals surface area contributed by atoms with Gasteiger partial charge in [0.05, 0.1) is 32.0 Å². The lowest BCUT2D eigenvalue weighted by Crippen LogP contribution is -2.53. The summed E-state index contributed by atoms with van der Waals surface area (Å²) in [5, 5.41) is 0.511. The zero-order valence-electron chi connectivity index (χ0n) is 17.8. The highest BCUT2D eigenvalue weighted by Gasteiger charge is 2.28. The van der Waals surface area contributed by atoms with Crippen LogP contribution in [0.2, 0.25) is 0 Å². The van der Waals surface area contributed by atoms with Gasteiger partial charge in [-0.15, -0.1) is 11.8 Å². The van der Waals surface area contributed by atoms with E-state index in [-0.39, 0.29) is 11.8 Å². The molecule has 0 saturated carbocycles. The van der Waals surface area contributed by atoms with Gasteiger partial charge in [-0.25, -0.2) is 0 Å². The van der Waals surface area contributed by atoms with E-state index in [0.717, 1.165) is 44.8 Å². The van der Waals surface area contributed by atoms with E-state index in [4.69, 9.17) is 4.74 Å². The molecule has 30 heavy (non-hydrogen) atoms. The second kappa shape index (κ2) is 10.1. The number of morpholine rings is 1. The fourth-order valence-electron chi connectivity index (χ4n) is 4.23. The Balaban J connectivity index is 1.28. The summed E-state index contributed by atoms with van der Waals surface area (Å²) in [6.07, 6.45) is 1.00. The van der Waals surface area contributed by atoms with Gasteiger partial charge in [-0.1, -0.05) is 19.1 Å². The normalized spacial score (nSPS) is 23.7. The van der Waals surface area contributed by atoms with Crippen molar-refractivity contribution in [3.63, 3.8) is 0 Å². The number of piperazine rings is 1. The lowest BCUT2D eigenvalue weighted by atomic mass is 10.2. The number of anilines is 1. The van der Waals surface area contributed by atoms with Crippen molar-refractivity contribution in [1.82, 2.24) is 14.7 Å². The largest absolute Gasteiger partial charge is 0.378 e. The van der Waals surface area contributed by atoms with E-state index in [1.54, 1.807) is 0 Å². The number of hydrogen-bond acceptors (Lipinski definition) is 6. The van der Waals surface area contributed by atoms with Crippen LogP contribution in [0.3, 0.4) is 0 Å². The molecule has 3 aliphatic rings. The van der Waals surface area contributed by atoms with Crippen LogP contribution in [0.4, 0.5) is 5.69 Å². The Kier molecular flexibility index (Phi) is 7.30. The molecule has 1 aromatic carbocycles. The molecular formula is C22H32N4O3S. The first-order chi connectivity index (χ1) is 14.6. The van der Waals surface area contributed by atoms with Crippen molar-refractivity contribution in [1.29, 1.82) is 0 Å². The van der Waals surface area contributed by atoms with Gasteiger partial charge in [0.1, 0.15) is 0 Å². The van der Waals surface area contributed by atoms with Gasteiger partial charge in [0.2, 0.25) is 11.8 Å². The van der Waals surface area contributed by atoms with Crippen molar-refractivity contribution >= 4 is 29.3 Å². The summed E-state index contributed by atoms with van der Waals surface area (Å²) in [6.45, 7) is 9.88. The molecule has 0 aromatic heterocycles. The Morgan fingerprint density at radius 1 is 0.933 bits per heavy atom. The molecule has 1 aromatic rings. The van der Waals surface area contributed by atoms with E-state index >= 15 is 0 Å². The third-order valence-electron chi connectivity index (χ3n) is 6.09. The van der Waals surface area contributed by atoms with Gasteiger partial charge < -0.3 is 14.5 Å². The van der Waals surface area contributed by atoms with Crippen molar-refractivity contribution in [2.24, 2.45) is 0 Å². The second-order valence-electron chi connectivity index (χ2n) is 8.28. The van der Waals surface area contributed by atoms with Crippen LogP contribution in [-0.4, -0.2) is 104 Å². The molecule has 3 aliphatic heterocycles. The smallest absolute Gasteiger partial charge is 0.241 e. The first-order valence-corrected chi connectivity index (χ1v) is 11.8. The quantitative estimate of drug-likeness (QED) is 0.717. The second-order valence-corrected chi connectivity index (χ2v) is 9.76. The monoisotopic (exact) mass is 432 g/mol. The van der Waals surface area contributed by atoms with E-state index in [1.807, 2.05) is 33.7 Å². The number of fused-ring (bicyclic) bond motifs is 1. The van der Waals surface area contributed by atoms with Crippen molar-refractivity contribution in [3.8, 4) is 0 Å². The average molecular weight is 433 g/mol. The molecule has 2 amide bonds. The number of hydrogen-bond donors (Lipinski definition) is 0. The van der Waals surface area contributed by atoms with Gasteiger partial charge in [-0.05, 0) is 18.6 Å². The highest BCUT2D eigenvalue weighted by atomic mass is 32.2. The van der Waals surface area contributed by atoms with Crippen LogP contribution in [0, 0.1) is 0 Å². The Hall–Kier alpha value is -1.61. The molecule has 0 aliphatic carbocycles. The number of carbonyl (C=O) groups excluding carboxylic acids is 2. The van der Waals surface area contributed by atoms with Crippen LogP contribution < -0.4 is 4.90 Å². The zero-order valence-corrected chi connectivity index (χ0v) is 18.6. The molecular weight excluding hydrogens is 400 g/mol. The minimum Gasteiger partial charge on any atom is -0.378 e. The van der Waals surface area contributed by atoms with Gasteiger partial charge in [-0.2, -0.15) is 0 Å². The minimum atomic E-state index is 0.176. The lowest BCUT2D eigenvalue weighted by molar-refractivity contribution is -0.137. The predicted molar refractivity (Wildman–Crippen MR) is 119 cm³/mol. The summed E-state index contributed by atoms with van der Waals surface area (Å²) in [5.74, 6) is 0.366. The Bertz CT molecular complexity index is 748. The summed E-state index contributed by atoms with van der Waals surface area (Å²) >= 11 is 1.86. The number of benzene rings is 1. The highest BCUT2D eigenvalue weighted by molar-refractivity contribution is 8.00. The maximum absolute atomic E-state index is 13.1. The van der Waals surface area contributed by atoms with Crippen LogP contribution in [0.25, 0.3) is 0 Å². The molecule has 3 heterocycles. The molecule has 0 unspecified atom stereocenters. The molecule has 1 atom stereocenters. The van der Waals surface area contributed by atoms with Crippen molar-refractivity contribution < 1.29 is 14.3 Å². The Morgan fingerprint density at radius 3 is 2.27 bits per heavy atom. The maximum Gasteiger partial charge on any atom is 0.241 e. The standard InChI is InChI=1S/C22H32N4O3S/c1-18-6-7-26(19-4-2-3-5-20(19)30-18)22(28)17-24-10-8-23(9-11-24)16-21(27)25-12-14-29-15-13-25/h2-5,18H,6-17H2,1H3/t18-/m1/s1. The molecule has 0 spiro atoms. The maximum atomic E-state index is 13.1. The van der Waals surface area contributed by atoms with Crippen LogP contribution in [0.15, 0.2) is 29.2 Å². The van der Waals surface area contributed by atoms with E-state index in [9.17, 15) is 9.59 Å². The topological polar surface area (TPSA) is 56.3 Å². The summed E-state index contributed by atoms with van der Waals surface area (Å²) < 4.78 is 5.33. The van der Waals surface area contributed by atoms with E-state index < -0.39 is 0 Å². The third kappa shape index (κ3) is 5.35. The van der Waals surface area contributed by atoms with Gasteiger partial charge in [0, 0.05) is 56.0 Å². The molecule has 0 N–H and O–H groups in total. The van der Waals surface area contributed by atoms with Crippen LogP contribution in [0.1, 0.15) is 13.3 Å². The molecule has 8 heteroatoms. The van der Waals surface area contributed by atoms with Gasteiger partial charge >= 0.3 is 0 Å². The highest BCUT2D eigenvalue weighted by Crippen LogP contribution is 2.37. The summed E-state index contributed by atoms with van der Waals surface area (Å²) in [7, 11) is 0. The Labute approximate surface area is 183 Å². The number of thioether (sulfide) groups is 1. The van der Waals surface area contributed by atoms with Gasteiger partial charge in [0.25, 0.3) is 0 Å². The van der Waals surface area contributed by atoms with Crippen LogP contribution >= 0.6 is 11.8 Å². The first-order valence-electron chi connectivity index (χ1n) is 11.0. The van der Waals surface area contributed by atoms with Crippen molar-refractivity contribution in [2.45, 2.75) is 23.5 Å². The molecule has 0 radical (unpaired) electrons. The summed E-state index contributed by atoms with van der Waals surface area (Å²) in [4.78, 5) is 35.1. The lowest BCUT2D eigenvalue weighted by Gasteiger charge is -2.36. The minimum absolute atomic E-state index is 0.176. The first kappa shape index (κ1) is 21.6. The summed E-state index contributed by atoms with van der Waals surface area (Å²) in [5.41, 5.74) is 1.05. The molecule has 2 fully saturated rings. The number of ether oxygens (including phenoxy) is 1. The number of amides is 2.